The fraction of sp³-hybridized carbons (Fsp3) is 0.500. The summed E-state index contributed by atoms with van der Waals surface area (Å²) in [5, 5.41) is 13.4. The second kappa shape index (κ2) is 10.2. The van der Waals surface area contributed by atoms with Crippen molar-refractivity contribution in [3.05, 3.63) is 41.9 Å². The number of aryl methyl sites for hydroxylation is 1. The molecule has 2 N–H and O–H groups in total. The molecule has 0 aromatic carbocycles. The van der Waals surface area contributed by atoms with Crippen LogP contribution in [0.5, 0.6) is 0 Å². The summed E-state index contributed by atoms with van der Waals surface area (Å²) in [7, 11) is 3.09. The van der Waals surface area contributed by atoms with Gasteiger partial charge in [0.2, 0.25) is 5.91 Å². The highest BCUT2D eigenvalue weighted by Crippen LogP contribution is 2.36. The number of pyridine rings is 1. The van der Waals surface area contributed by atoms with Crippen LogP contribution in [-0.4, -0.2) is 50.9 Å². The number of amides is 2. The summed E-state index contributed by atoms with van der Waals surface area (Å²) < 4.78 is 42.7. The predicted octanol–water partition coefficient (Wildman–Crippen LogP) is 3.74. The average Bonchev–Trinajstić information content (AvgIpc) is 3.44. The van der Waals surface area contributed by atoms with E-state index in [-0.39, 0.29) is 28.9 Å². The van der Waals surface area contributed by atoms with Crippen LogP contribution in [0.2, 0.25) is 0 Å². The highest BCUT2D eigenvalue weighted by atomic mass is 19.4. The Bertz CT molecular complexity index is 1190. The molecule has 2 amide bonds. The van der Waals surface area contributed by atoms with Gasteiger partial charge in [-0.1, -0.05) is 24.5 Å². The van der Waals surface area contributed by atoms with E-state index in [2.05, 4.69) is 32.8 Å². The standard InChI is InChI=1S/C24H28F3N7O2/c1-14-4-6-15(7-5-14)20(32-22(35)18-10-11-29-33(18)2)23(36)31-19-9-8-16(12-28-19)21-17(24(25,26)27)13-30-34(21)3/h8-10,12-15,20H,4-7,11H2,1-3H3,(H-,28,30,31,32,35,36)/p+1/t14-,15-,20-/m0/s1. The van der Waals surface area contributed by atoms with Crippen LogP contribution in [0.3, 0.4) is 0 Å². The molecule has 2 aliphatic rings. The first-order valence-electron chi connectivity index (χ1n) is 11.8. The fourth-order valence-electron chi connectivity index (χ4n) is 4.73. The molecular formula is C24H29F3N7O2+. The highest BCUT2D eigenvalue weighted by Gasteiger charge is 2.37. The number of nitrogens with one attached hydrogen (secondary N) is 2. The zero-order chi connectivity index (χ0) is 26.0. The number of hydrogen-bond donors (Lipinski definition) is 2. The Kier molecular flexibility index (Phi) is 7.23. The summed E-state index contributed by atoms with van der Waals surface area (Å²) in [6.45, 7) is 2.57. The maximum atomic E-state index is 13.4. The first-order valence-corrected chi connectivity index (χ1v) is 11.8. The third-order valence-corrected chi connectivity index (χ3v) is 6.79. The molecule has 2 aromatic rings. The first-order chi connectivity index (χ1) is 17.0. The number of anilines is 1. The molecule has 0 saturated heterocycles. The number of likely N-dealkylation sites (N-methyl/N-ethyl adjacent to an activating group) is 1. The molecule has 2 aromatic heterocycles. The van der Waals surface area contributed by atoms with Gasteiger partial charge in [0.25, 0.3) is 5.70 Å². The normalized spacial score (nSPS) is 20.9. The minimum absolute atomic E-state index is 0.0440. The highest BCUT2D eigenvalue weighted by molar-refractivity contribution is 5.99. The Morgan fingerprint density at radius 3 is 2.47 bits per heavy atom. The van der Waals surface area contributed by atoms with E-state index in [1.165, 1.54) is 30.1 Å². The number of rotatable bonds is 6. The third-order valence-electron chi connectivity index (χ3n) is 6.79. The van der Waals surface area contributed by atoms with E-state index in [1.54, 1.807) is 13.1 Å². The van der Waals surface area contributed by atoms with Gasteiger partial charge >= 0.3 is 12.1 Å². The van der Waals surface area contributed by atoms with Gasteiger partial charge in [-0.05, 0) is 41.9 Å². The Hall–Kier alpha value is -3.57. The third kappa shape index (κ3) is 5.47. The van der Waals surface area contributed by atoms with Crippen molar-refractivity contribution in [3.8, 4) is 11.3 Å². The van der Waals surface area contributed by atoms with Gasteiger partial charge in [0, 0.05) is 24.9 Å². The van der Waals surface area contributed by atoms with Crippen LogP contribution >= 0.6 is 0 Å². The van der Waals surface area contributed by atoms with Gasteiger partial charge in [-0.25, -0.2) is 4.98 Å². The number of carbonyl (C=O) groups is 2. The number of halogens is 3. The molecule has 1 aliphatic carbocycles. The second-order valence-electron chi connectivity index (χ2n) is 9.36. The lowest BCUT2D eigenvalue weighted by Gasteiger charge is -2.32. The van der Waals surface area contributed by atoms with Crippen molar-refractivity contribution in [2.24, 2.45) is 24.0 Å². The van der Waals surface area contributed by atoms with Crippen molar-refractivity contribution in [3.63, 3.8) is 0 Å². The Morgan fingerprint density at radius 1 is 1.17 bits per heavy atom. The Labute approximate surface area is 206 Å². The van der Waals surface area contributed by atoms with E-state index < -0.39 is 23.7 Å². The quantitative estimate of drug-likeness (QED) is 0.585. The molecule has 1 saturated carbocycles. The van der Waals surface area contributed by atoms with E-state index in [4.69, 9.17) is 0 Å². The largest absolute Gasteiger partial charge is 0.420 e. The van der Waals surface area contributed by atoms with Gasteiger partial charge in [0.1, 0.15) is 24.0 Å². The molecule has 192 valence electrons. The zero-order valence-corrected chi connectivity index (χ0v) is 20.3. The summed E-state index contributed by atoms with van der Waals surface area (Å²) in [5.41, 5.74) is -0.382. The second-order valence-corrected chi connectivity index (χ2v) is 9.36. The molecule has 0 bridgehead atoms. The average molecular weight is 505 g/mol. The smallest absolute Gasteiger partial charge is 0.335 e. The molecular weight excluding hydrogens is 475 g/mol. The SMILES string of the molecule is Cn1ncc(C(F)(F)F)c1-c1ccc(NC(=O)[C@@H](NC(=O)C2=CCN=[N+]2C)[C@H]2CC[C@H](C)CC2)nc1. The number of alkyl halides is 3. The molecule has 0 spiro atoms. The minimum Gasteiger partial charge on any atom is -0.335 e. The van der Waals surface area contributed by atoms with Crippen LogP contribution in [-0.2, 0) is 22.8 Å². The number of azo groups is 2. The van der Waals surface area contributed by atoms with Crippen molar-refractivity contribution >= 4 is 17.6 Å². The van der Waals surface area contributed by atoms with Crippen molar-refractivity contribution in [2.45, 2.75) is 44.8 Å². The van der Waals surface area contributed by atoms with Gasteiger partial charge in [-0.2, -0.15) is 18.3 Å². The molecule has 4 rings (SSSR count). The Morgan fingerprint density at radius 2 is 1.89 bits per heavy atom. The lowest BCUT2D eigenvalue weighted by molar-refractivity contribution is -0.505. The van der Waals surface area contributed by atoms with E-state index in [0.717, 1.165) is 36.6 Å². The fourth-order valence-corrected chi connectivity index (χ4v) is 4.73. The van der Waals surface area contributed by atoms with Crippen molar-refractivity contribution in [2.75, 3.05) is 18.9 Å². The van der Waals surface area contributed by atoms with E-state index >= 15 is 0 Å². The number of nitrogens with zero attached hydrogens (tertiary/aromatic N) is 5. The molecule has 1 aliphatic heterocycles. The van der Waals surface area contributed by atoms with Crippen LogP contribution in [0.1, 0.15) is 38.2 Å². The van der Waals surface area contributed by atoms with E-state index in [1.807, 2.05) is 0 Å². The maximum absolute atomic E-state index is 13.4. The van der Waals surface area contributed by atoms with E-state index in [0.29, 0.717) is 18.2 Å². The van der Waals surface area contributed by atoms with Crippen molar-refractivity contribution in [1.82, 2.24) is 20.1 Å². The summed E-state index contributed by atoms with van der Waals surface area (Å²) >= 11 is 0. The van der Waals surface area contributed by atoms with Gasteiger partial charge in [0.15, 0.2) is 7.05 Å². The monoisotopic (exact) mass is 504 g/mol. The first kappa shape index (κ1) is 25.5. The van der Waals surface area contributed by atoms with E-state index in [9.17, 15) is 22.8 Å². The van der Waals surface area contributed by atoms with Crippen molar-refractivity contribution < 1.29 is 27.5 Å². The molecule has 1 fully saturated rings. The van der Waals surface area contributed by atoms with Gasteiger partial charge in [-0.3, -0.25) is 14.3 Å². The predicted molar refractivity (Wildman–Crippen MR) is 125 cm³/mol. The Balaban J connectivity index is 1.52. The summed E-state index contributed by atoms with van der Waals surface area (Å²) in [6.07, 6.45) is 2.68. The van der Waals surface area contributed by atoms with Gasteiger partial charge in [-0.15, -0.1) is 0 Å². The molecule has 3 heterocycles. The van der Waals surface area contributed by atoms with Gasteiger partial charge in [0.05, 0.1) is 11.9 Å². The molecule has 12 heteroatoms. The summed E-state index contributed by atoms with van der Waals surface area (Å²) in [6, 6.07) is 2.11. The lowest BCUT2D eigenvalue weighted by atomic mass is 9.79. The summed E-state index contributed by atoms with van der Waals surface area (Å²) in [5.74, 6) is -0.104. The maximum Gasteiger partial charge on any atom is 0.420 e. The lowest BCUT2D eigenvalue weighted by Crippen LogP contribution is -2.50. The van der Waals surface area contributed by atoms with Crippen LogP contribution < -0.4 is 10.6 Å². The topological polar surface area (TPSA) is 104 Å². The molecule has 36 heavy (non-hydrogen) atoms. The molecule has 0 unspecified atom stereocenters. The van der Waals surface area contributed by atoms with Crippen molar-refractivity contribution in [1.29, 1.82) is 0 Å². The minimum atomic E-state index is -4.56. The molecule has 9 nitrogen and oxygen atoms in total. The number of aromatic nitrogens is 3. The van der Waals surface area contributed by atoms with Crippen LogP contribution in [0.4, 0.5) is 19.0 Å². The number of carbonyl (C=O) groups excluding carboxylic acids is 2. The van der Waals surface area contributed by atoms with Crippen LogP contribution in [0.25, 0.3) is 11.3 Å². The summed E-state index contributed by atoms with van der Waals surface area (Å²) in [4.78, 5) is 30.3. The number of hydrogen-bond acceptors (Lipinski definition) is 5. The van der Waals surface area contributed by atoms with Gasteiger partial charge < -0.3 is 10.6 Å². The molecule has 1 atom stereocenters. The van der Waals surface area contributed by atoms with Crippen LogP contribution in [0, 0.1) is 11.8 Å². The zero-order valence-electron chi connectivity index (χ0n) is 20.3. The molecule has 0 radical (unpaired) electrons. The van der Waals surface area contributed by atoms with Crippen LogP contribution in [0.15, 0.2) is 41.4 Å².